The Morgan fingerprint density at radius 1 is 0.633 bits per heavy atom. The number of allylic oxidation sites excluding steroid dienone is 4. The molecule has 19 nitrogen and oxygen atoms in total. The van der Waals surface area contributed by atoms with Crippen molar-refractivity contribution in [2.75, 3.05) is 42.5 Å². The maximum atomic E-state index is 13.7. The van der Waals surface area contributed by atoms with Crippen LogP contribution in [0.25, 0.3) is 0 Å². The van der Waals surface area contributed by atoms with Crippen molar-refractivity contribution in [2.45, 2.75) is 150 Å². The maximum absolute atomic E-state index is 13.7. The van der Waals surface area contributed by atoms with Gasteiger partial charge in [0.2, 0.25) is 5.91 Å². The number of carbonyl (C=O) groups excluding carboxylic acids is 7. The molecule has 0 fully saturated rings. The van der Waals surface area contributed by atoms with Crippen LogP contribution in [0, 0.1) is 11.8 Å². The van der Waals surface area contributed by atoms with Gasteiger partial charge < -0.3 is 44.6 Å². The molecule has 2 aromatic carbocycles. The van der Waals surface area contributed by atoms with E-state index in [1.54, 1.807) is 123 Å². The molecule has 0 aliphatic carbocycles. The van der Waals surface area contributed by atoms with Crippen LogP contribution in [0.1, 0.15) is 136 Å². The Morgan fingerprint density at radius 2 is 1.01 bits per heavy atom. The van der Waals surface area contributed by atoms with E-state index in [0.29, 0.717) is 54.7 Å². The van der Waals surface area contributed by atoms with Gasteiger partial charge in [-0.1, -0.05) is 57.7 Å². The Labute approximate surface area is 483 Å². The Morgan fingerprint density at radius 3 is 1.34 bits per heavy atom. The second-order valence-electron chi connectivity index (χ2n) is 20.0. The van der Waals surface area contributed by atoms with E-state index in [1.165, 1.54) is 45.0 Å². The molecule has 20 heteroatoms. The number of carboxylic acids is 1. The van der Waals surface area contributed by atoms with Gasteiger partial charge in [0, 0.05) is 53.9 Å². The number of carboxylic acid groups (broad SMARTS) is 1. The predicted molar refractivity (Wildman–Crippen MR) is 302 cm³/mol. The zero-order valence-electron chi connectivity index (χ0n) is 48.3. The molecule has 0 saturated carbocycles. The second-order valence-corrected chi connectivity index (χ2v) is 20.0. The summed E-state index contributed by atoms with van der Waals surface area (Å²) in [6.07, 6.45) is 8.24. The molecule has 0 spiro atoms. The van der Waals surface area contributed by atoms with Crippen molar-refractivity contribution in [1.29, 1.82) is 0 Å². The smallest absolute Gasteiger partial charge is 0.410 e. The molecule has 0 aliphatic heterocycles. The molecule has 2 rings (SSSR count). The Kier molecular flexibility index (Phi) is 36.9. The van der Waals surface area contributed by atoms with Gasteiger partial charge >= 0.3 is 30.1 Å². The molecule has 3 amide bonds. The van der Waals surface area contributed by atoms with Crippen LogP contribution in [0.2, 0.25) is 0 Å². The second kappa shape index (κ2) is 38.1. The minimum Gasteiger partial charge on any atom is -0.496 e. The fraction of sp³-hybridized carbons (Fsp3) is 0.525. The summed E-state index contributed by atoms with van der Waals surface area (Å²) in [7, 11) is 8.63. The Bertz CT molecular complexity index is 2340. The molecule has 0 saturated heterocycles. The number of nitrogens with two attached hydrogens (primary N) is 1. The summed E-state index contributed by atoms with van der Waals surface area (Å²) in [4.78, 5) is 102. The molecule has 0 aliphatic rings. The first kappa shape index (κ1) is 76.6. The zero-order chi connectivity index (χ0) is 59.4. The number of hydrogen-bond acceptors (Lipinski definition) is 15. The van der Waals surface area contributed by atoms with Crippen LogP contribution in [0.5, 0.6) is 11.5 Å². The summed E-state index contributed by atoms with van der Waals surface area (Å²) in [5.74, 6) is -3.62. The summed E-state index contributed by atoms with van der Waals surface area (Å²) in [6.45, 7) is 28.1. The van der Waals surface area contributed by atoms with Gasteiger partial charge in [0.1, 0.15) is 46.9 Å². The van der Waals surface area contributed by atoms with E-state index in [1.807, 2.05) is 0 Å². The van der Waals surface area contributed by atoms with Crippen LogP contribution in [0.15, 0.2) is 87.0 Å². The van der Waals surface area contributed by atoms with Crippen LogP contribution < -0.4 is 20.5 Å². The number of methoxy groups -OCH3 is 4. The SMILES string of the molecule is C.C=CCC[C@H](N)C(=O)OC.C=CCC[C@H](NC(=O)[C@H](C)CC(=O)[C@H](c1ccc(OC)c(CC=C)c1)N(C)C(=O)OC(C)(C)C)C(=O)OC.C=CCc1cc([C@@H](C(=O)C[C@@H](C)C(=O)O)N(C)C(=O)OC(C)(C)C)ccc1OC.[W]. The molecule has 0 bridgehead atoms. The van der Waals surface area contributed by atoms with Gasteiger partial charge in [0.15, 0.2) is 11.6 Å². The number of rotatable bonds is 27. The minimum atomic E-state index is -1.07. The van der Waals surface area contributed by atoms with Gasteiger partial charge in [-0.15, -0.1) is 26.3 Å². The average Bonchev–Trinajstić information content (AvgIpc) is 3.35. The number of esters is 2. The van der Waals surface area contributed by atoms with Crippen molar-refractivity contribution < 1.29 is 92.9 Å². The number of nitrogens with one attached hydrogen (secondary N) is 1. The van der Waals surface area contributed by atoms with E-state index in [2.05, 4.69) is 36.4 Å². The van der Waals surface area contributed by atoms with Crippen LogP contribution in [-0.4, -0.2) is 128 Å². The predicted octanol–water partition coefficient (Wildman–Crippen LogP) is 9.65. The number of likely N-dealkylation sites (N-methyl/N-ethyl adjacent to an activating group) is 2. The first-order valence-electron chi connectivity index (χ1n) is 25.1. The molecule has 0 radical (unpaired) electrons. The molecule has 442 valence electrons. The average molecular weight is 1280 g/mol. The number of ketones is 2. The van der Waals surface area contributed by atoms with Crippen molar-refractivity contribution in [3.05, 3.63) is 109 Å². The number of Topliss-reactive ketones (excluding diaryl/α,β-unsaturated/α-hetero) is 2. The quantitative estimate of drug-likeness (QED) is 0.0427. The molecule has 4 N–H and O–H groups in total. The monoisotopic (exact) mass is 1280 g/mol. The van der Waals surface area contributed by atoms with Gasteiger partial charge in [-0.3, -0.25) is 33.8 Å². The molecule has 0 heterocycles. The van der Waals surface area contributed by atoms with Crippen LogP contribution >= 0.6 is 0 Å². The van der Waals surface area contributed by atoms with Gasteiger partial charge in [-0.25, -0.2) is 14.4 Å². The Hall–Kier alpha value is -6.59. The molecular formula is C59H90N4O15W. The number of aliphatic carboxylic acids is 1. The third-order valence-electron chi connectivity index (χ3n) is 11.2. The molecule has 79 heavy (non-hydrogen) atoms. The summed E-state index contributed by atoms with van der Waals surface area (Å²) in [5, 5.41) is 11.8. The number of hydrogen-bond donors (Lipinski definition) is 3. The van der Waals surface area contributed by atoms with Crippen LogP contribution in [-0.2, 0) is 81.6 Å². The van der Waals surface area contributed by atoms with Crippen molar-refractivity contribution in [3.63, 3.8) is 0 Å². The molecule has 6 atom stereocenters. The topological polar surface area (TPSA) is 257 Å². The standard InChI is InChI=1S/C29H42N2O7.C22H31NO6.C7H13NO2.CH4.W/c1-10-12-14-22(27(34)37-9)30-26(33)19(3)17-23(32)25(31(7)28(35)38-29(4,5)6)21-15-16-24(36-8)20(18-21)13-11-2;1-8-9-15-13-16(10-11-18(15)28-7)19(17(24)12-14(2)20(25)26)23(6)21(27)29-22(3,4)5;1-3-4-5-6(8)7(9)10-2;;/h10-11,15-16,18-19,22,25H,1-2,12-14,17H2,3-9H3,(H,30,33);8,10-11,13-14,19H,1,9,12H2,2-7H3,(H,25,26);3,6H,1,4-5,8H2,2H3;1H4;/t19-,22+,25+;14-,19+;6-;;/m110../s1. The van der Waals surface area contributed by atoms with E-state index in [4.69, 9.17) is 29.4 Å². The van der Waals surface area contributed by atoms with Crippen LogP contribution in [0.3, 0.4) is 0 Å². The number of benzene rings is 2. The Balaban J connectivity index is -0.00000124. The van der Waals surface area contributed by atoms with Gasteiger partial charge in [0.25, 0.3) is 0 Å². The van der Waals surface area contributed by atoms with E-state index >= 15 is 0 Å². The molecule has 0 unspecified atom stereocenters. The van der Waals surface area contributed by atoms with Crippen molar-refractivity contribution in [3.8, 4) is 11.5 Å². The first-order valence-corrected chi connectivity index (χ1v) is 25.1. The number of nitrogens with zero attached hydrogens (tertiary/aromatic N) is 2. The number of amides is 3. The summed E-state index contributed by atoms with van der Waals surface area (Å²) < 4.78 is 30.9. The van der Waals surface area contributed by atoms with E-state index < -0.39 is 77.2 Å². The summed E-state index contributed by atoms with van der Waals surface area (Å²) in [5.41, 5.74) is 6.59. The van der Waals surface area contributed by atoms with E-state index in [0.717, 1.165) is 17.5 Å². The molecule has 0 aromatic heterocycles. The van der Waals surface area contributed by atoms with E-state index in [-0.39, 0.29) is 58.9 Å². The summed E-state index contributed by atoms with van der Waals surface area (Å²) in [6, 6.07) is 7.06. The molecule has 2 aromatic rings. The van der Waals surface area contributed by atoms with Gasteiger partial charge in [0.05, 0.1) is 34.4 Å². The molecular weight excluding hydrogens is 1190 g/mol. The maximum Gasteiger partial charge on any atom is 0.410 e. The fourth-order valence-electron chi connectivity index (χ4n) is 7.26. The fourth-order valence-corrected chi connectivity index (χ4v) is 7.26. The third kappa shape index (κ3) is 27.7. The van der Waals surface area contributed by atoms with Crippen molar-refractivity contribution in [1.82, 2.24) is 15.1 Å². The van der Waals surface area contributed by atoms with Gasteiger partial charge in [-0.05, 0) is 127 Å². The summed E-state index contributed by atoms with van der Waals surface area (Å²) >= 11 is 0. The largest absolute Gasteiger partial charge is 0.496 e. The number of ether oxygens (including phenoxy) is 6. The number of carbonyl (C=O) groups is 8. The zero-order valence-corrected chi connectivity index (χ0v) is 51.2. The first-order chi connectivity index (χ1) is 35.9. The minimum absolute atomic E-state index is 0. The van der Waals surface area contributed by atoms with Gasteiger partial charge in [-0.2, -0.15) is 0 Å². The third-order valence-corrected chi connectivity index (χ3v) is 11.2. The van der Waals surface area contributed by atoms with Crippen LogP contribution in [0.4, 0.5) is 9.59 Å². The van der Waals surface area contributed by atoms with Crippen molar-refractivity contribution >= 4 is 47.6 Å². The normalized spacial score (nSPS) is 12.8. The van der Waals surface area contributed by atoms with Crippen molar-refractivity contribution in [2.24, 2.45) is 17.6 Å². The van der Waals surface area contributed by atoms with E-state index in [9.17, 15) is 43.5 Å².